The number of ether oxygens (including phenoxy) is 4. The molecule has 0 aliphatic carbocycles. The van der Waals surface area contributed by atoms with Gasteiger partial charge in [0, 0.05) is 24.1 Å². The second-order valence-corrected chi connectivity index (χ2v) is 7.45. The second kappa shape index (κ2) is 11.1. The molecule has 3 rings (SSSR count). The van der Waals surface area contributed by atoms with Crippen LogP contribution >= 0.6 is 11.3 Å². The van der Waals surface area contributed by atoms with Crippen LogP contribution in [0.4, 0.5) is 5.69 Å². The van der Waals surface area contributed by atoms with Crippen molar-refractivity contribution in [1.82, 2.24) is 10.3 Å². The molecule has 0 fully saturated rings. The Hall–Kier alpha value is -3.86. The maximum absolute atomic E-state index is 12.8. The van der Waals surface area contributed by atoms with Gasteiger partial charge in [-0.1, -0.05) is 6.07 Å². The van der Waals surface area contributed by atoms with Gasteiger partial charge in [0.15, 0.2) is 11.5 Å². The van der Waals surface area contributed by atoms with Gasteiger partial charge in [0.1, 0.15) is 23.7 Å². The van der Waals surface area contributed by atoms with Crippen LogP contribution in [0, 0.1) is 10.1 Å². The van der Waals surface area contributed by atoms with Gasteiger partial charge >= 0.3 is 0 Å². The topological polar surface area (TPSA) is 122 Å². The smallest absolute Gasteiger partial charge is 0.286 e. The Bertz CT molecular complexity index is 1120. The fourth-order valence-electron chi connectivity index (χ4n) is 3.08. The number of hydrogen-bond donors (Lipinski definition) is 1. The highest BCUT2D eigenvalue weighted by atomic mass is 32.1. The number of benzene rings is 2. The van der Waals surface area contributed by atoms with Crippen LogP contribution in [0.3, 0.4) is 0 Å². The van der Waals surface area contributed by atoms with Crippen LogP contribution in [0.2, 0.25) is 0 Å². The molecule has 0 spiro atoms. The summed E-state index contributed by atoms with van der Waals surface area (Å²) in [5, 5.41) is 16.2. The van der Waals surface area contributed by atoms with E-state index in [9.17, 15) is 14.9 Å². The Kier molecular flexibility index (Phi) is 8.03. The minimum Gasteiger partial charge on any atom is -0.497 e. The molecule has 0 radical (unpaired) electrons. The lowest BCUT2D eigenvalue weighted by atomic mass is 10.1. The molecule has 1 heterocycles. The summed E-state index contributed by atoms with van der Waals surface area (Å²) in [5.41, 5.74) is 2.69. The molecule has 0 saturated carbocycles. The molecular weight excluding hydrogens is 450 g/mol. The Labute approximate surface area is 194 Å². The Morgan fingerprint density at radius 1 is 1.09 bits per heavy atom. The highest BCUT2D eigenvalue weighted by molar-refractivity contribution is 7.07. The number of amides is 1. The molecule has 10 nitrogen and oxygen atoms in total. The van der Waals surface area contributed by atoms with Gasteiger partial charge in [-0.05, 0) is 18.1 Å². The van der Waals surface area contributed by atoms with Gasteiger partial charge in [-0.2, -0.15) is 0 Å². The highest BCUT2D eigenvalue weighted by Gasteiger charge is 2.25. The Morgan fingerprint density at radius 3 is 2.52 bits per heavy atom. The number of thiazole rings is 1. The number of carbonyl (C=O) groups is 1. The largest absolute Gasteiger partial charge is 0.497 e. The third kappa shape index (κ3) is 5.89. The first-order chi connectivity index (χ1) is 16.0. The average Bonchev–Trinajstić information content (AvgIpc) is 3.35. The summed E-state index contributed by atoms with van der Waals surface area (Å²) in [5.74, 6) is 1.03. The summed E-state index contributed by atoms with van der Waals surface area (Å²) in [6.45, 7) is 0.356. The van der Waals surface area contributed by atoms with Crippen molar-refractivity contribution in [2.75, 3.05) is 27.9 Å². The van der Waals surface area contributed by atoms with Crippen molar-refractivity contribution in [3.8, 4) is 23.0 Å². The van der Waals surface area contributed by atoms with E-state index in [0.717, 1.165) is 5.56 Å². The first kappa shape index (κ1) is 23.8. The number of nitro groups is 1. The van der Waals surface area contributed by atoms with Crippen molar-refractivity contribution in [2.45, 2.75) is 13.0 Å². The average molecular weight is 474 g/mol. The number of nitrogens with one attached hydrogen (secondary N) is 1. The molecule has 0 aliphatic heterocycles. The van der Waals surface area contributed by atoms with E-state index in [2.05, 4.69) is 10.3 Å². The maximum atomic E-state index is 12.8. The van der Waals surface area contributed by atoms with Crippen LogP contribution in [0.15, 0.2) is 41.2 Å². The molecule has 0 atom stereocenters. The van der Waals surface area contributed by atoms with Crippen LogP contribution < -0.4 is 24.3 Å². The number of rotatable bonds is 11. The fourth-order valence-corrected chi connectivity index (χ4v) is 3.62. The summed E-state index contributed by atoms with van der Waals surface area (Å²) >= 11 is 1.41. The van der Waals surface area contributed by atoms with E-state index in [1.54, 1.807) is 37.2 Å². The number of carbonyl (C=O) groups excluding carboxylic acids is 1. The monoisotopic (exact) mass is 473 g/mol. The van der Waals surface area contributed by atoms with E-state index in [1.807, 2.05) is 6.07 Å². The summed E-state index contributed by atoms with van der Waals surface area (Å²) in [4.78, 5) is 27.9. The van der Waals surface area contributed by atoms with Gasteiger partial charge in [0.2, 0.25) is 0 Å². The van der Waals surface area contributed by atoms with Gasteiger partial charge in [-0.15, -0.1) is 11.3 Å². The van der Waals surface area contributed by atoms with Crippen molar-refractivity contribution in [3.05, 3.63) is 68.2 Å². The standard InChI is InChI=1S/C22H23N3O7S/c1-29-16-5-4-14(19(8-16)30-2)6-7-23-22(26)17-9-20(31-3)21(10-18(17)25(27)28)32-11-15-12-33-13-24-15/h4-5,8-10,12-13H,6-7,11H2,1-3H3,(H,23,26). The van der Waals surface area contributed by atoms with Gasteiger partial charge in [-0.3, -0.25) is 14.9 Å². The van der Waals surface area contributed by atoms with Gasteiger partial charge in [0.05, 0.1) is 43.5 Å². The first-order valence-corrected chi connectivity index (χ1v) is 10.8. The molecule has 0 unspecified atom stereocenters. The summed E-state index contributed by atoms with van der Waals surface area (Å²) in [6.07, 6.45) is 0.457. The minimum atomic E-state index is -0.628. The third-order valence-corrected chi connectivity index (χ3v) is 5.39. The zero-order valence-corrected chi connectivity index (χ0v) is 19.1. The van der Waals surface area contributed by atoms with Crippen LogP contribution in [0.5, 0.6) is 23.0 Å². The molecule has 2 aromatic carbocycles. The Morgan fingerprint density at radius 2 is 1.88 bits per heavy atom. The zero-order valence-electron chi connectivity index (χ0n) is 18.3. The van der Waals surface area contributed by atoms with Crippen LogP contribution in [-0.4, -0.2) is 43.7 Å². The normalized spacial score (nSPS) is 10.4. The van der Waals surface area contributed by atoms with E-state index >= 15 is 0 Å². The van der Waals surface area contributed by atoms with Crippen molar-refractivity contribution >= 4 is 22.9 Å². The van der Waals surface area contributed by atoms with E-state index in [4.69, 9.17) is 18.9 Å². The lowest BCUT2D eigenvalue weighted by Crippen LogP contribution is -2.26. The number of nitro benzene ring substituents is 1. The minimum absolute atomic E-state index is 0.117. The molecule has 11 heteroatoms. The second-order valence-electron chi connectivity index (χ2n) is 6.73. The third-order valence-electron chi connectivity index (χ3n) is 4.76. The molecule has 174 valence electrons. The van der Waals surface area contributed by atoms with E-state index in [-0.39, 0.29) is 35.9 Å². The SMILES string of the molecule is COc1ccc(CCNC(=O)c2cc(OC)c(OCc3cscn3)cc2[N+](=O)[O-])c(OC)c1. The van der Waals surface area contributed by atoms with Crippen molar-refractivity contribution in [3.63, 3.8) is 0 Å². The quantitative estimate of drug-likeness (QED) is 0.331. The number of nitrogens with zero attached hydrogens (tertiary/aromatic N) is 2. The predicted octanol–water partition coefficient (Wildman–Crippen LogP) is 3.63. The van der Waals surface area contributed by atoms with Crippen LogP contribution in [0.25, 0.3) is 0 Å². The maximum Gasteiger partial charge on any atom is 0.286 e. The molecule has 1 amide bonds. The van der Waals surface area contributed by atoms with Gasteiger partial charge in [0.25, 0.3) is 11.6 Å². The number of hydrogen-bond acceptors (Lipinski definition) is 9. The van der Waals surface area contributed by atoms with E-state index in [0.29, 0.717) is 23.6 Å². The molecule has 0 bridgehead atoms. The van der Waals surface area contributed by atoms with Gasteiger partial charge < -0.3 is 24.3 Å². The molecule has 3 aromatic rings. The lowest BCUT2D eigenvalue weighted by molar-refractivity contribution is -0.385. The van der Waals surface area contributed by atoms with Gasteiger partial charge in [-0.25, -0.2) is 4.98 Å². The summed E-state index contributed by atoms with van der Waals surface area (Å²) in [6, 6.07) is 7.87. The number of aromatic nitrogens is 1. The summed E-state index contributed by atoms with van der Waals surface area (Å²) < 4.78 is 21.5. The molecule has 0 saturated heterocycles. The molecule has 1 aromatic heterocycles. The Balaban J connectivity index is 1.74. The predicted molar refractivity (Wildman–Crippen MR) is 122 cm³/mol. The molecule has 0 aliphatic rings. The first-order valence-electron chi connectivity index (χ1n) is 9.82. The van der Waals surface area contributed by atoms with Crippen molar-refractivity contribution in [2.24, 2.45) is 0 Å². The van der Waals surface area contributed by atoms with E-state index in [1.165, 1.54) is 30.6 Å². The van der Waals surface area contributed by atoms with Crippen LogP contribution in [-0.2, 0) is 13.0 Å². The molecule has 33 heavy (non-hydrogen) atoms. The van der Waals surface area contributed by atoms with Crippen molar-refractivity contribution in [1.29, 1.82) is 0 Å². The van der Waals surface area contributed by atoms with Crippen molar-refractivity contribution < 1.29 is 28.7 Å². The molecule has 1 N–H and O–H groups in total. The number of methoxy groups -OCH3 is 3. The highest BCUT2D eigenvalue weighted by Crippen LogP contribution is 2.35. The van der Waals surface area contributed by atoms with E-state index < -0.39 is 10.8 Å². The zero-order chi connectivity index (χ0) is 23.8. The fraction of sp³-hybridized carbons (Fsp3) is 0.273. The van der Waals surface area contributed by atoms with Crippen LogP contribution in [0.1, 0.15) is 21.6 Å². The molecular formula is C22H23N3O7S. The summed E-state index contributed by atoms with van der Waals surface area (Å²) in [7, 11) is 4.50. The lowest BCUT2D eigenvalue weighted by Gasteiger charge is -2.13.